The first-order valence-corrected chi connectivity index (χ1v) is 9.41. The van der Waals surface area contributed by atoms with E-state index in [0.717, 1.165) is 28.3 Å². The lowest BCUT2D eigenvalue weighted by atomic mass is 10.1. The smallest absolute Gasteiger partial charge is 0.304 e. The molecule has 3 rings (SSSR count). The van der Waals surface area contributed by atoms with Crippen LogP contribution in [0.5, 0.6) is 5.75 Å². The average molecular weight is 389 g/mol. The predicted molar refractivity (Wildman–Crippen MR) is 110 cm³/mol. The molecule has 5 nitrogen and oxygen atoms in total. The topological polar surface area (TPSA) is 61.6 Å². The van der Waals surface area contributed by atoms with E-state index in [2.05, 4.69) is 16.8 Å². The lowest BCUT2D eigenvalue weighted by Gasteiger charge is -2.12. The molecule has 0 bridgehead atoms. The van der Waals surface area contributed by atoms with Crippen LogP contribution in [0.25, 0.3) is 11.5 Å². The van der Waals surface area contributed by atoms with Crippen molar-refractivity contribution in [1.82, 2.24) is 4.98 Å². The molecule has 0 aliphatic rings. The number of esters is 1. The van der Waals surface area contributed by atoms with Gasteiger partial charge in [0.05, 0.1) is 12.3 Å². The zero-order valence-electron chi connectivity index (χ0n) is 16.8. The van der Waals surface area contributed by atoms with Crippen molar-refractivity contribution < 1.29 is 18.7 Å². The minimum absolute atomic E-state index is 0.365. The van der Waals surface area contributed by atoms with Gasteiger partial charge in [0, 0.05) is 24.5 Å². The summed E-state index contributed by atoms with van der Waals surface area (Å²) in [4.78, 5) is 15.8. The number of nitrogens with zero attached hydrogens (tertiary/aromatic N) is 1. The molecule has 5 heteroatoms. The zero-order chi connectivity index (χ0) is 20.6. The number of ether oxygens (including phenoxy) is 2. The summed E-state index contributed by atoms with van der Waals surface area (Å²) in [6.07, 6.45) is 0.0714. The maximum absolute atomic E-state index is 11.2. The fourth-order valence-electron chi connectivity index (χ4n) is 2.85. The fourth-order valence-corrected chi connectivity index (χ4v) is 2.85. The molecule has 1 heterocycles. The second kappa shape index (κ2) is 9.61. The molecule has 0 aliphatic heterocycles. The Morgan fingerprint density at radius 3 is 2.52 bits per heavy atom. The molecule has 148 valence electrons. The average Bonchev–Trinajstić information content (AvgIpc) is 3.09. The van der Waals surface area contributed by atoms with E-state index >= 15 is 0 Å². The zero-order valence-corrected chi connectivity index (χ0v) is 16.8. The number of carbonyl (C=O) groups is 1. The molecule has 2 aromatic carbocycles. The van der Waals surface area contributed by atoms with Crippen LogP contribution in [0, 0.1) is 18.8 Å². The highest BCUT2D eigenvalue weighted by Crippen LogP contribution is 2.23. The first kappa shape index (κ1) is 20.2. The Labute approximate surface area is 170 Å². The van der Waals surface area contributed by atoms with Gasteiger partial charge in [-0.15, -0.1) is 5.92 Å². The van der Waals surface area contributed by atoms with Crippen LogP contribution in [0.3, 0.4) is 0 Å². The van der Waals surface area contributed by atoms with Gasteiger partial charge in [-0.3, -0.25) is 4.79 Å². The Kier molecular flexibility index (Phi) is 6.70. The van der Waals surface area contributed by atoms with Crippen molar-refractivity contribution in [3.63, 3.8) is 0 Å². The van der Waals surface area contributed by atoms with Crippen molar-refractivity contribution in [2.45, 2.75) is 33.3 Å². The molecule has 1 unspecified atom stereocenters. The summed E-state index contributed by atoms with van der Waals surface area (Å²) in [6.45, 7) is 5.47. The molecule has 0 fully saturated rings. The first-order valence-electron chi connectivity index (χ1n) is 9.41. The van der Waals surface area contributed by atoms with Crippen LogP contribution in [0.15, 0.2) is 59.0 Å². The second-order valence-corrected chi connectivity index (χ2v) is 6.44. The summed E-state index contributed by atoms with van der Waals surface area (Å²) < 4.78 is 16.8. The van der Waals surface area contributed by atoms with Gasteiger partial charge in [0.25, 0.3) is 0 Å². The van der Waals surface area contributed by atoms with E-state index in [1.54, 1.807) is 6.92 Å². The van der Waals surface area contributed by atoms with Crippen LogP contribution in [0.2, 0.25) is 0 Å². The van der Waals surface area contributed by atoms with Gasteiger partial charge in [0.15, 0.2) is 6.10 Å². The van der Waals surface area contributed by atoms with Crippen LogP contribution >= 0.6 is 0 Å². The van der Waals surface area contributed by atoms with Crippen LogP contribution in [-0.4, -0.2) is 17.6 Å². The minimum atomic E-state index is -0.569. The second-order valence-electron chi connectivity index (χ2n) is 6.44. The Balaban J connectivity index is 1.59. The van der Waals surface area contributed by atoms with Gasteiger partial charge < -0.3 is 13.9 Å². The van der Waals surface area contributed by atoms with Crippen LogP contribution in [0.1, 0.15) is 37.0 Å². The molecule has 0 saturated carbocycles. The Morgan fingerprint density at radius 2 is 1.86 bits per heavy atom. The molecule has 0 saturated heterocycles. The van der Waals surface area contributed by atoms with Gasteiger partial charge in [-0.1, -0.05) is 36.3 Å². The van der Waals surface area contributed by atoms with Gasteiger partial charge >= 0.3 is 5.97 Å². The molecule has 0 radical (unpaired) electrons. The molecular formula is C24H23NO4. The lowest BCUT2D eigenvalue weighted by molar-refractivity contribution is -0.144. The highest BCUT2D eigenvalue weighted by molar-refractivity contribution is 5.66. The number of aryl methyl sites for hydroxylation is 1. The molecule has 0 N–H and O–H groups in total. The number of benzene rings is 2. The molecule has 3 aromatic rings. The maximum Gasteiger partial charge on any atom is 0.304 e. The molecule has 0 aliphatic carbocycles. The third-order valence-electron chi connectivity index (χ3n) is 4.26. The Morgan fingerprint density at radius 1 is 1.14 bits per heavy atom. The fraction of sp³-hybridized carbons (Fsp3) is 0.250. The van der Waals surface area contributed by atoms with Crippen molar-refractivity contribution in [2.24, 2.45) is 0 Å². The third kappa shape index (κ3) is 5.49. The SMILES string of the molecule is CC#CC(OC(C)=O)c1ccc(OCCc2nc(-c3ccccc3)oc2C)cc1. The third-order valence-corrected chi connectivity index (χ3v) is 4.26. The number of hydrogen-bond acceptors (Lipinski definition) is 5. The van der Waals surface area contributed by atoms with E-state index < -0.39 is 6.10 Å². The van der Waals surface area contributed by atoms with E-state index in [9.17, 15) is 4.79 Å². The minimum Gasteiger partial charge on any atom is -0.493 e. The molecular weight excluding hydrogens is 366 g/mol. The van der Waals surface area contributed by atoms with Gasteiger partial charge in [-0.2, -0.15) is 0 Å². The Bertz CT molecular complexity index is 1010. The van der Waals surface area contributed by atoms with Crippen LogP contribution in [-0.2, 0) is 16.0 Å². The lowest BCUT2D eigenvalue weighted by Crippen LogP contribution is -2.07. The number of hydrogen-bond donors (Lipinski definition) is 0. The van der Waals surface area contributed by atoms with Gasteiger partial charge in [0.1, 0.15) is 11.5 Å². The van der Waals surface area contributed by atoms with Crippen molar-refractivity contribution >= 4 is 5.97 Å². The van der Waals surface area contributed by atoms with Crippen molar-refractivity contribution in [1.29, 1.82) is 0 Å². The number of aromatic nitrogens is 1. The molecule has 0 spiro atoms. The normalized spacial score (nSPS) is 11.3. The summed E-state index contributed by atoms with van der Waals surface area (Å²) in [5.74, 6) is 7.45. The van der Waals surface area contributed by atoms with Gasteiger partial charge in [-0.25, -0.2) is 4.98 Å². The van der Waals surface area contributed by atoms with E-state index in [-0.39, 0.29) is 5.97 Å². The largest absolute Gasteiger partial charge is 0.493 e. The van der Waals surface area contributed by atoms with Crippen LogP contribution < -0.4 is 4.74 Å². The quantitative estimate of drug-likeness (QED) is 0.425. The highest BCUT2D eigenvalue weighted by Gasteiger charge is 2.13. The van der Waals surface area contributed by atoms with E-state index in [1.165, 1.54) is 6.92 Å². The summed E-state index contributed by atoms with van der Waals surface area (Å²) in [5, 5.41) is 0. The predicted octanol–water partition coefficient (Wildman–Crippen LogP) is 4.90. The summed E-state index contributed by atoms with van der Waals surface area (Å²) >= 11 is 0. The number of oxazole rings is 1. The van der Waals surface area contributed by atoms with E-state index in [0.29, 0.717) is 18.9 Å². The summed E-state index contributed by atoms with van der Waals surface area (Å²) in [6, 6.07) is 17.2. The molecule has 29 heavy (non-hydrogen) atoms. The molecule has 0 amide bonds. The van der Waals surface area contributed by atoms with Crippen LogP contribution in [0.4, 0.5) is 0 Å². The van der Waals surface area contributed by atoms with Gasteiger partial charge in [0.2, 0.25) is 5.89 Å². The summed E-state index contributed by atoms with van der Waals surface area (Å²) in [7, 11) is 0. The highest BCUT2D eigenvalue weighted by atomic mass is 16.5. The van der Waals surface area contributed by atoms with Crippen molar-refractivity contribution in [3.8, 4) is 29.0 Å². The van der Waals surface area contributed by atoms with Crippen molar-refractivity contribution in [2.75, 3.05) is 6.61 Å². The van der Waals surface area contributed by atoms with E-state index in [4.69, 9.17) is 13.9 Å². The summed E-state index contributed by atoms with van der Waals surface area (Å²) in [5.41, 5.74) is 2.64. The monoisotopic (exact) mass is 389 g/mol. The van der Waals surface area contributed by atoms with Crippen molar-refractivity contribution in [3.05, 3.63) is 71.6 Å². The number of carbonyl (C=O) groups excluding carboxylic acids is 1. The van der Waals surface area contributed by atoms with E-state index in [1.807, 2.05) is 61.5 Å². The number of rotatable bonds is 7. The maximum atomic E-state index is 11.2. The molecule has 1 atom stereocenters. The molecule has 1 aromatic heterocycles. The first-order chi connectivity index (χ1) is 14.1. The Hall–Kier alpha value is -3.52. The van der Waals surface area contributed by atoms with Gasteiger partial charge in [-0.05, 0) is 38.1 Å². The standard InChI is InChI=1S/C24H23NO4/c1-4-8-23(29-18(3)26)19-11-13-21(14-12-19)27-16-15-22-17(2)28-24(25-22)20-9-6-5-7-10-20/h5-7,9-14,23H,15-16H2,1-3H3.